The summed E-state index contributed by atoms with van der Waals surface area (Å²) in [5, 5.41) is 12.6. The van der Waals surface area contributed by atoms with Crippen molar-refractivity contribution in [3.05, 3.63) is 29.8 Å². The molecule has 1 amide bonds. The van der Waals surface area contributed by atoms with E-state index in [-0.39, 0.29) is 24.7 Å². The molecule has 0 aromatic heterocycles. The van der Waals surface area contributed by atoms with Crippen LogP contribution in [0.4, 0.5) is 5.69 Å². The first-order chi connectivity index (χ1) is 10.7. The van der Waals surface area contributed by atoms with Gasteiger partial charge in [0.25, 0.3) is 0 Å². The molecule has 22 heavy (non-hydrogen) atoms. The van der Waals surface area contributed by atoms with Crippen molar-refractivity contribution >= 4 is 11.6 Å². The maximum atomic E-state index is 11.9. The normalized spacial score (nSPS) is 21.7. The Bertz CT molecular complexity index is 516. The molecule has 0 unspecified atom stereocenters. The zero-order valence-electron chi connectivity index (χ0n) is 12.8. The van der Waals surface area contributed by atoms with Gasteiger partial charge in [0, 0.05) is 25.3 Å². The third kappa shape index (κ3) is 3.78. The van der Waals surface area contributed by atoms with Crippen LogP contribution in [0.3, 0.4) is 0 Å². The van der Waals surface area contributed by atoms with E-state index >= 15 is 0 Å². The number of nitrogens with one attached hydrogen (secondary N) is 1. The van der Waals surface area contributed by atoms with Crippen molar-refractivity contribution in [1.29, 1.82) is 0 Å². The zero-order valence-corrected chi connectivity index (χ0v) is 12.8. The first kappa shape index (κ1) is 15.3. The van der Waals surface area contributed by atoms with Gasteiger partial charge in [-0.05, 0) is 37.3 Å². The molecule has 1 aromatic carbocycles. The molecule has 1 heterocycles. The number of anilines is 1. The monoisotopic (exact) mass is 304 g/mol. The number of ether oxygens (including phenoxy) is 1. The first-order valence-corrected chi connectivity index (χ1v) is 8.11. The molecule has 1 saturated carbocycles. The van der Waals surface area contributed by atoms with Crippen LogP contribution >= 0.6 is 0 Å². The Kier molecular flexibility index (Phi) is 4.95. The number of carbonyl (C=O) groups is 1. The van der Waals surface area contributed by atoms with Crippen LogP contribution in [0.25, 0.3) is 0 Å². The van der Waals surface area contributed by atoms with Gasteiger partial charge in [-0.2, -0.15) is 0 Å². The van der Waals surface area contributed by atoms with Crippen LogP contribution in [-0.2, 0) is 16.1 Å². The third-order valence-corrected chi connectivity index (χ3v) is 4.47. The van der Waals surface area contributed by atoms with E-state index in [0.29, 0.717) is 13.1 Å². The van der Waals surface area contributed by atoms with Gasteiger partial charge in [0.05, 0.1) is 12.2 Å². The molecule has 120 valence electrons. The second kappa shape index (κ2) is 7.11. The lowest BCUT2D eigenvalue weighted by Crippen LogP contribution is -2.32. The van der Waals surface area contributed by atoms with Crippen molar-refractivity contribution in [1.82, 2.24) is 5.32 Å². The largest absolute Gasteiger partial charge is 0.391 e. The summed E-state index contributed by atoms with van der Waals surface area (Å²) >= 11 is 0. The number of aliphatic hydroxyl groups is 1. The SMILES string of the molecule is O=C(COC1CCC1)NCc1ccccc1N1CC[C@@H](O)C1. The summed E-state index contributed by atoms with van der Waals surface area (Å²) in [6.45, 7) is 2.16. The number of amides is 1. The van der Waals surface area contributed by atoms with E-state index in [1.165, 1.54) is 6.42 Å². The highest BCUT2D eigenvalue weighted by Gasteiger charge is 2.22. The summed E-state index contributed by atoms with van der Waals surface area (Å²) < 4.78 is 5.52. The summed E-state index contributed by atoms with van der Waals surface area (Å²) in [5.41, 5.74) is 2.17. The number of β-amino-alcohol motifs (C(OH)–C–C–N with tert-alkyl or cyclic N) is 1. The summed E-state index contributed by atoms with van der Waals surface area (Å²) in [4.78, 5) is 14.0. The van der Waals surface area contributed by atoms with Gasteiger partial charge in [-0.25, -0.2) is 0 Å². The number of carbonyl (C=O) groups excluding carboxylic acids is 1. The van der Waals surface area contributed by atoms with Gasteiger partial charge in [0.1, 0.15) is 6.61 Å². The number of aliphatic hydroxyl groups excluding tert-OH is 1. The van der Waals surface area contributed by atoms with Gasteiger partial charge in [0.15, 0.2) is 0 Å². The van der Waals surface area contributed by atoms with E-state index in [4.69, 9.17) is 4.74 Å². The quantitative estimate of drug-likeness (QED) is 0.835. The molecule has 1 aliphatic carbocycles. The van der Waals surface area contributed by atoms with Crippen LogP contribution in [0.1, 0.15) is 31.2 Å². The highest BCUT2D eigenvalue weighted by atomic mass is 16.5. The van der Waals surface area contributed by atoms with Crippen molar-refractivity contribution < 1.29 is 14.6 Å². The molecule has 3 rings (SSSR count). The minimum Gasteiger partial charge on any atom is -0.391 e. The van der Waals surface area contributed by atoms with E-state index < -0.39 is 0 Å². The van der Waals surface area contributed by atoms with Crippen molar-refractivity contribution in [3.63, 3.8) is 0 Å². The lowest BCUT2D eigenvalue weighted by molar-refractivity contribution is -0.129. The second-order valence-electron chi connectivity index (χ2n) is 6.16. The van der Waals surface area contributed by atoms with Gasteiger partial charge < -0.3 is 20.1 Å². The van der Waals surface area contributed by atoms with Crippen molar-refractivity contribution in [3.8, 4) is 0 Å². The van der Waals surface area contributed by atoms with E-state index in [9.17, 15) is 9.90 Å². The third-order valence-electron chi connectivity index (χ3n) is 4.47. The van der Waals surface area contributed by atoms with Gasteiger partial charge >= 0.3 is 0 Å². The number of para-hydroxylation sites is 1. The Hall–Kier alpha value is -1.59. The lowest BCUT2D eigenvalue weighted by Gasteiger charge is -2.25. The highest BCUT2D eigenvalue weighted by molar-refractivity contribution is 5.77. The van der Waals surface area contributed by atoms with Crippen molar-refractivity contribution in [2.24, 2.45) is 0 Å². The molecule has 1 atom stereocenters. The maximum absolute atomic E-state index is 11.9. The van der Waals surface area contributed by atoms with E-state index in [0.717, 1.165) is 37.1 Å². The van der Waals surface area contributed by atoms with Crippen LogP contribution in [-0.4, -0.2) is 42.9 Å². The Morgan fingerprint density at radius 2 is 2.14 bits per heavy atom. The van der Waals surface area contributed by atoms with Crippen LogP contribution in [0.2, 0.25) is 0 Å². The Morgan fingerprint density at radius 3 is 2.82 bits per heavy atom. The minimum atomic E-state index is -0.251. The molecular weight excluding hydrogens is 280 g/mol. The van der Waals surface area contributed by atoms with E-state index in [1.807, 2.05) is 24.3 Å². The zero-order chi connectivity index (χ0) is 15.4. The summed E-state index contributed by atoms with van der Waals surface area (Å²) in [6.07, 6.45) is 4.19. The lowest BCUT2D eigenvalue weighted by atomic mass is 9.96. The topological polar surface area (TPSA) is 61.8 Å². The fraction of sp³-hybridized carbons (Fsp3) is 0.588. The molecule has 1 saturated heterocycles. The fourth-order valence-corrected chi connectivity index (χ4v) is 2.91. The Labute approximate surface area is 131 Å². The summed E-state index contributed by atoms with van der Waals surface area (Å²) in [7, 11) is 0. The van der Waals surface area contributed by atoms with Crippen molar-refractivity contribution in [2.45, 2.75) is 44.4 Å². The summed E-state index contributed by atoms with van der Waals surface area (Å²) in [6, 6.07) is 8.03. The average molecular weight is 304 g/mol. The molecule has 0 bridgehead atoms. The molecule has 1 aromatic rings. The van der Waals surface area contributed by atoms with Gasteiger partial charge in [-0.15, -0.1) is 0 Å². The number of hydrogen-bond acceptors (Lipinski definition) is 4. The number of hydrogen-bond donors (Lipinski definition) is 2. The van der Waals surface area contributed by atoms with Gasteiger partial charge in [-0.3, -0.25) is 4.79 Å². The molecule has 1 aliphatic heterocycles. The number of benzene rings is 1. The number of rotatable bonds is 6. The van der Waals surface area contributed by atoms with E-state index in [1.54, 1.807) is 0 Å². The molecule has 5 nitrogen and oxygen atoms in total. The first-order valence-electron chi connectivity index (χ1n) is 8.11. The molecule has 2 aliphatic rings. The molecule has 0 spiro atoms. The Morgan fingerprint density at radius 1 is 1.32 bits per heavy atom. The van der Waals surface area contributed by atoms with Crippen LogP contribution in [0, 0.1) is 0 Å². The smallest absolute Gasteiger partial charge is 0.246 e. The van der Waals surface area contributed by atoms with E-state index in [2.05, 4.69) is 10.2 Å². The second-order valence-corrected chi connectivity index (χ2v) is 6.16. The molecular formula is C17H24N2O3. The molecule has 0 radical (unpaired) electrons. The molecule has 2 N–H and O–H groups in total. The van der Waals surface area contributed by atoms with Crippen LogP contribution in [0.15, 0.2) is 24.3 Å². The highest BCUT2D eigenvalue weighted by Crippen LogP contribution is 2.24. The van der Waals surface area contributed by atoms with Crippen molar-refractivity contribution in [2.75, 3.05) is 24.6 Å². The molecule has 5 heteroatoms. The maximum Gasteiger partial charge on any atom is 0.246 e. The van der Waals surface area contributed by atoms with Crippen LogP contribution < -0.4 is 10.2 Å². The van der Waals surface area contributed by atoms with Gasteiger partial charge in [0.2, 0.25) is 5.91 Å². The predicted octanol–water partition coefficient (Wildman–Crippen LogP) is 1.44. The predicted molar refractivity (Wildman–Crippen MR) is 84.7 cm³/mol. The van der Waals surface area contributed by atoms with Gasteiger partial charge in [-0.1, -0.05) is 18.2 Å². The minimum absolute atomic E-state index is 0.0665. The Balaban J connectivity index is 1.52. The fourth-order valence-electron chi connectivity index (χ4n) is 2.91. The average Bonchev–Trinajstić information content (AvgIpc) is 2.90. The van der Waals surface area contributed by atoms with Crippen LogP contribution in [0.5, 0.6) is 0 Å². The standard InChI is InChI=1S/C17H24N2O3/c20-14-8-9-19(11-14)16-7-2-1-4-13(16)10-18-17(21)12-22-15-5-3-6-15/h1-2,4,7,14-15,20H,3,5-6,8-12H2,(H,18,21)/t14-/m1/s1. The summed E-state index contributed by atoms with van der Waals surface area (Å²) in [5.74, 6) is -0.0665. The number of nitrogens with zero attached hydrogens (tertiary/aromatic N) is 1. The molecule has 2 fully saturated rings.